The average Bonchev–Trinajstić information content (AvgIpc) is 3.08. The summed E-state index contributed by atoms with van der Waals surface area (Å²) < 4.78 is 67.6. The second-order valence-corrected chi connectivity index (χ2v) is 9.52. The van der Waals surface area contributed by atoms with Crippen molar-refractivity contribution >= 4 is 38.1 Å². The van der Waals surface area contributed by atoms with Gasteiger partial charge in [0.25, 0.3) is 10.0 Å². The summed E-state index contributed by atoms with van der Waals surface area (Å²) in [5.41, 5.74) is 0.725. The first-order chi connectivity index (χ1) is 14.1. The molecule has 2 heterocycles. The Hall–Kier alpha value is -2.29. The molecule has 0 aliphatic carbocycles. The van der Waals surface area contributed by atoms with Crippen LogP contribution in [0.15, 0.2) is 59.6 Å². The van der Waals surface area contributed by atoms with Crippen LogP contribution in [-0.2, 0) is 16.2 Å². The predicted molar refractivity (Wildman–Crippen MR) is 111 cm³/mol. The van der Waals surface area contributed by atoms with E-state index in [-0.39, 0.29) is 15.8 Å². The van der Waals surface area contributed by atoms with Crippen LogP contribution >= 0.6 is 11.6 Å². The van der Waals surface area contributed by atoms with E-state index in [0.717, 1.165) is 28.2 Å². The van der Waals surface area contributed by atoms with Gasteiger partial charge >= 0.3 is 6.18 Å². The van der Waals surface area contributed by atoms with Crippen LogP contribution < -0.4 is 0 Å². The molecule has 0 saturated carbocycles. The maximum atomic E-state index is 13.3. The summed E-state index contributed by atoms with van der Waals surface area (Å²) in [5, 5.41) is 0.650. The highest BCUT2D eigenvalue weighted by molar-refractivity contribution is 7.90. The third-order valence-electron chi connectivity index (χ3n) is 5.23. The fraction of sp³-hybridized carbons (Fsp3) is 0.238. The molecule has 1 aliphatic heterocycles. The average molecular weight is 455 g/mol. The largest absolute Gasteiger partial charge is 0.416 e. The van der Waals surface area contributed by atoms with Crippen molar-refractivity contribution in [3.8, 4) is 0 Å². The zero-order valence-corrected chi connectivity index (χ0v) is 17.5. The molecular formula is C21H18ClF3N2O2S. The Labute approximate surface area is 177 Å². The molecule has 0 saturated heterocycles. The summed E-state index contributed by atoms with van der Waals surface area (Å²) in [6, 6.07) is 8.82. The summed E-state index contributed by atoms with van der Waals surface area (Å²) in [4.78, 5) is 2.08. The molecule has 0 unspecified atom stereocenters. The molecule has 0 bridgehead atoms. The van der Waals surface area contributed by atoms with Crippen molar-refractivity contribution in [1.29, 1.82) is 0 Å². The number of rotatable bonds is 3. The minimum absolute atomic E-state index is 0.00704. The van der Waals surface area contributed by atoms with Crippen molar-refractivity contribution in [1.82, 2.24) is 8.87 Å². The van der Waals surface area contributed by atoms with Gasteiger partial charge in [-0.3, -0.25) is 0 Å². The van der Waals surface area contributed by atoms with Gasteiger partial charge in [0.1, 0.15) is 0 Å². The minimum Gasteiger partial charge on any atom is -0.302 e. The first-order valence-electron chi connectivity index (χ1n) is 9.19. The fourth-order valence-corrected chi connectivity index (χ4v) is 5.06. The van der Waals surface area contributed by atoms with E-state index in [4.69, 9.17) is 11.6 Å². The summed E-state index contributed by atoms with van der Waals surface area (Å²) in [6.07, 6.45) is -0.555. The normalized spacial score (nSPS) is 16.1. The van der Waals surface area contributed by atoms with Crippen LogP contribution in [0.2, 0.25) is 5.02 Å². The Balaban J connectivity index is 1.96. The Morgan fingerprint density at radius 2 is 1.77 bits per heavy atom. The van der Waals surface area contributed by atoms with E-state index in [0.29, 0.717) is 23.6 Å². The molecule has 0 radical (unpaired) electrons. The van der Waals surface area contributed by atoms with Gasteiger partial charge in [0.15, 0.2) is 0 Å². The summed E-state index contributed by atoms with van der Waals surface area (Å²) in [7, 11) is -2.07. The lowest BCUT2D eigenvalue weighted by molar-refractivity contribution is -0.137. The van der Waals surface area contributed by atoms with E-state index in [1.54, 1.807) is 0 Å². The van der Waals surface area contributed by atoms with Crippen molar-refractivity contribution < 1.29 is 21.6 Å². The highest BCUT2D eigenvalue weighted by atomic mass is 35.5. The number of likely N-dealkylation sites (N-methyl/N-ethyl adjacent to an activating group) is 1. The lowest BCUT2D eigenvalue weighted by Gasteiger charge is -2.21. The van der Waals surface area contributed by atoms with Gasteiger partial charge in [-0.15, -0.1) is 0 Å². The third kappa shape index (κ3) is 3.75. The lowest BCUT2D eigenvalue weighted by Crippen LogP contribution is -2.23. The molecular weight excluding hydrogens is 437 g/mol. The zero-order valence-electron chi connectivity index (χ0n) is 15.9. The van der Waals surface area contributed by atoms with Gasteiger partial charge in [0, 0.05) is 35.3 Å². The van der Waals surface area contributed by atoms with E-state index in [1.807, 2.05) is 13.1 Å². The lowest BCUT2D eigenvalue weighted by atomic mass is 9.98. The van der Waals surface area contributed by atoms with Crippen molar-refractivity contribution in [2.24, 2.45) is 0 Å². The van der Waals surface area contributed by atoms with Crippen LogP contribution in [0.3, 0.4) is 0 Å². The molecule has 158 valence electrons. The van der Waals surface area contributed by atoms with Crippen LogP contribution in [0.1, 0.15) is 17.5 Å². The quantitative estimate of drug-likeness (QED) is 0.541. The molecule has 0 atom stereocenters. The molecule has 4 rings (SSSR count). The van der Waals surface area contributed by atoms with Gasteiger partial charge in [0.2, 0.25) is 0 Å². The van der Waals surface area contributed by atoms with E-state index in [2.05, 4.69) is 4.90 Å². The van der Waals surface area contributed by atoms with Crippen molar-refractivity contribution in [3.05, 3.63) is 70.9 Å². The molecule has 0 fully saturated rings. The first kappa shape index (κ1) is 21.0. The van der Waals surface area contributed by atoms with Gasteiger partial charge in [-0.05, 0) is 61.5 Å². The SMILES string of the molecule is CN1CC=C(c2cn(S(=O)(=O)c3ccc(Cl)cc3)c3ccc(C(F)(F)F)cc23)CC1. The van der Waals surface area contributed by atoms with E-state index < -0.39 is 21.8 Å². The van der Waals surface area contributed by atoms with Gasteiger partial charge in [0.05, 0.1) is 16.0 Å². The summed E-state index contributed by atoms with van der Waals surface area (Å²) >= 11 is 5.86. The molecule has 1 aliphatic rings. The maximum absolute atomic E-state index is 13.3. The zero-order chi connectivity index (χ0) is 21.7. The highest BCUT2D eigenvalue weighted by Gasteiger charge is 2.32. The minimum atomic E-state index is -4.52. The van der Waals surface area contributed by atoms with Crippen LogP contribution in [0.4, 0.5) is 13.2 Å². The molecule has 9 heteroatoms. The highest BCUT2D eigenvalue weighted by Crippen LogP contribution is 2.37. The standard InChI is InChI=1S/C21H18ClF3N2O2S/c1-26-10-8-14(9-11-26)19-13-27(30(28,29)17-5-3-16(22)4-6-17)20-7-2-15(12-18(19)20)21(23,24)25/h2-8,12-13H,9-11H2,1H3. The smallest absolute Gasteiger partial charge is 0.302 e. The Morgan fingerprint density at radius 3 is 2.37 bits per heavy atom. The second kappa shape index (κ2) is 7.44. The van der Waals surface area contributed by atoms with Crippen LogP contribution in [-0.4, -0.2) is 37.4 Å². The molecule has 2 aromatic carbocycles. The second-order valence-electron chi connectivity index (χ2n) is 7.27. The van der Waals surface area contributed by atoms with Gasteiger partial charge < -0.3 is 4.90 Å². The number of fused-ring (bicyclic) bond motifs is 1. The third-order valence-corrected chi connectivity index (χ3v) is 7.17. The van der Waals surface area contributed by atoms with Crippen LogP contribution in [0.5, 0.6) is 0 Å². The Morgan fingerprint density at radius 1 is 1.07 bits per heavy atom. The molecule has 0 spiro atoms. The Bertz CT molecular complexity index is 1250. The van der Waals surface area contributed by atoms with Crippen molar-refractivity contribution in [2.45, 2.75) is 17.5 Å². The summed E-state index contributed by atoms with van der Waals surface area (Å²) in [6.45, 7) is 1.38. The number of alkyl halides is 3. The molecule has 1 aromatic heterocycles. The van der Waals surface area contributed by atoms with Gasteiger partial charge in [-0.1, -0.05) is 17.7 Å². The Kier molecular flexibility index (Phi) is 5.20. The van der Waals surface area contributed by atoms with Gasteiger partial charge in [-0.25, -0.2) is 12.4 Å². The molecule has 4 nitrogen and oxygen atoms in total. The monoisotopic (exact) mass is 454 g/mol. The number of aromatic nitrogens is 1. The number of hydrogen-bond donors (Lipinski definition) is 0. The number of benzene rings is 2. The van der Waals surface area contributed by atoms with E-state index >= 15 is 0 Å². The molecule has 0 N–H and O–H groups in total. The van der Waals surface area contributed by atoms with Crippen molar-refractivity contribution in [3.63, 3.8) is 0 Å². The van der Waals surface area contributed by atoms with Crippen molar-refractivity contribution in [2.75, 3.05) is 20.1 Å². The fourth-order valence-electron chi connectivity index (χ4n) is 3.57. The predicted octanol–water partition coefficient (Wildman–Crippen LogP) is 5.27. The molecule has 30 heavy (non-hydrogen) atoms. The first-order valence-corrected chi connectivity index (χ1v) is 11.0. The number of halogens is 4. The van der Waals surface area contributed by atoms with E-state index in [9.17, 15) is 21.6 Å². The van der Waals surface area contributed by atoms with Crippen LogP contribution in [0.25, 0.3) is 16.5 Å². The number of nitrogens with zero attached hydrogens (tertiary/aromatic N) is 2. The van der Waals surface area contributed by atoms with Gasteiger partial charge in [-0.2, -0.15) is 13.2 Å². The summed E-state index contributed by atoms with van der Waals surface area (Å²) in [5.74, 6) is 0. The maximum Gasteiger partial charge on any atom is 0.416 e. The number of hydrogen-bond acceptors (Lipinski definition) is 3. The van der Waals surface area contributed by atoms with Crippen LogP contribution in [0, 0.1) is 0 Å². The molecule has 0 amide bonds. The topological polar surface area (TPSA) is 42.3 Å². The van der Waals surface area contributed by atoms with E-state index in [1.165, 1.54) is 36.5 Å². The molecule has 3 aromatic rings.